The summed E-state index contributed by atoms with van der Waals surface area (Å²) < 4.78 is 0. The smallest absolute Gasteiger partial charge is 0.241 e. The number of benzene rings is 1. The van der Waals surface area contributed by atoms with Crippen LogP contribution in [0.3, 0.4) is 0 Å². The van der Waals surface area contributed by atoms with Gasteiger partial charge in [0.05, 0.1) is 0 Å². The second-order valence-corrected chi connectivity index (χ2v) is 7.25. The standard InChI is InChI=1S/C24H28N4O/c1-18-3-4-22(19(2)17-18)23(27-15-9-20-5-11-25-12-6-20)24(29)28-16-10-21-7-13-26-14-8-21/h3-8,11-14,17,23,27H,9-10,15-16H2,1-2H3,(H,28,29)/t23-/m1/s1. The van der Waals surface area contributed by atoms with Crippen LogP contribution in [0.4, 0.5) is 0 Å². The molecule has 0 aliphatic carbocycles. The Labute approximate surface area is 172 Å². The van der Waals surface area contributed by atoms with Gasteiger partial charge in [-0.1, -0.05) is 23.8 Å². The van der Waals surface area contributed by atoms with Crippen LogP contribution in [-0.2, 0) is 17.6 Å². The maximum absolute atomic E-state index is 13.0. The lowest BCUT2D eigenvalue weighted by molar-refractivity contribution is -0.123. The first-order chi connectivity index (χ1) is 14.1. The van der Waals surface area contributed by atoms with E-state index in [4.69, 9.17) is 0 Å². The summed E-state index contributed by atoms with van der Waals surface area (Å²) in [7, 11) is 0. The fourth-order valence-corrected chi connectivity index (χ4v) is 3.39. The lowest BCUT2D eigenvalue weighted by Crippen LogP contribution is -2.39. The number of pyridine rings is 2. The maximum atomic E-state index is 13.0. The van der Waals surface area contributed by atoms with Crippen LogP contribution in [0.2, 0.25) is 0 Å². The molecular weight excluding hydrogens is 360 g/mol. The van der Waals surface area contributed by atoms with Crippen molar-refractivity contribution in [3.63, 3.8) is 0 Å². The molecule has 3 rings (SSSR count). The second-order valence-electron chi connectivity index (χ2n) is 7.25. The number of aryl methyl sites for hydroxylation is 2. The van der Waals surface area contributed by atoms with Crippen LogP contribution in [0.1, 0.15) is 33.9 Å². The van der Waals surface area contributed by atoms with Crippen molar-refractivity contribution in [2.45, 2.75) is 32.7 Å². The summed E-state index contributed by atoms with van der Waals surface area (Å²) in [6.07, 6.45) is 8.76. The third-order valence-electron chi connectivity index (χ3n) is 4.97. The molecule has 1 atom stereocenters. The lowest BCUT2D eigenvalue weighted by atomic mass is 9.98. The SMILES string of the molecule is Cc1ccc([C@@H](NCCc2ccncc2)C(=O)NCCc2ccncc2)c(C)c1. The first-order valence-electron chi connectivity index (χ1n) is 9.99. The Hall–Kier alpha value is -3.05. The number of carbonyl (C=O) groups excluding carboxylic acids is 1. The summed E-state index contributed by atoms with van der Waals surface area (Å²) in [6, 6.07) is 13.8. The number of rotatable bonds is 9. The van der Waals surface area contributed by atoms with Gasteiger partial charge in [0.1, 0.15) is 6.04 Å². The monoisotopic (exact) mass is 388 g/mol. The molecule has 0 saturated carbocycles. The summed E-state index contributed by atoms with van der Waals surface area (Å²) >= 11 is 0. The zero-order chi connectivity index (χ0) is 20.5. The molecule has 5 heteroatoms. The van der Waals surface area contributed by atoms with Gasteiger partial charge in [0.15, 0.2) is 0 Å². The number of nitrogens with zero attached hydrogens (tertiary/aromatic N) is 2. The van der Waals surface area contributed by atoms with Gasteiger partial charge in [0.2, 0.25) is 5.91 Å². The number of amides is 1. The summed E-state index contributed by atoms with van der Waals surface area (Å²) in [4.78, 5) is 21.1. The fraction of sp³-hybridized carbons (Fsp3) is 0.292. The normalized spacial score (nSPS) is 11.8. The van der Waals surface area contributed by atoms with E-state index in [0.717, 1.165) is 29.5 Å². The maximum Gasteiger partial charge on any atom is 0.241 e. The van der Waals surface area contributed by atoms with Crippen LogP contribution in [0.15, 0.2) is 67.3 Å². The molecule has 150 valence electrons. The van der Waals surface area contributed by atoms with Crippen LogP contribution in [-0.4, -0.2) is 29.0 Å². The Kier molecular flexibility index (Phi) is 7.47. The first kappa shape index (κ1) is 20.7. The van der Waals surface area contributed by atoms with Crippen molar-refractivity contribution in [3.8, 4) is 0 Å². The fourth-order valence-electron chi connectivity index (χ4n) is 3.39. The third kappa shape index (κ3) is 6.22. The molecule has 0 bridgehead atoms. The summed E-state index contributed by atoms with van der Waals surface area (Å²) in [5.41, 5.74) is 5.70. The summed E-state index contributed by atoms with van der Waals surface area (Å²) in [6.45, 7) is 5.43. The first-order valence-corrected chi connectivity index (χ1v) is 9.99. The van der Waals surface area contributed by atoms with Gasteiger partial charge in [0.25, 0.3) is 0 Å². The third-order valence-corrected chi connectivity index (χ3v) is 4.97. The van der Waals surface area contributed by atoms with Crippen molar-refractivity contribution in [2.75, 3.05) is 13.1 Å². The predicted molar refractivity (Wildman–Crippen MR) is 116 cm³/mol. The number of hydrogen-bond acceptors (Lipinski definition) is 4. The molecule has 1 amide bonds. The molecule has 0 aliphatic rings. The Morgan fingerprint density at radius 2 is 1.45 bits per heavy atom. The molecule has 0 fully saturated rings. The van der Waals surface area contributed by atoms with Gasteiger partial charge in [-0.15, -0.1) is 0 Å². The quantitative estimate of drug-likeness (QED) is 0.590. The number of aromatic nitrogens is 2. The molecule has 2 heterocycles. The van der Waals surface area contributed by atoms with E-state index in [0.29, 0.717) is 13.1 Å². The molecule has 0 unspecified atom stereocenters. The van der Waals surface area contributed by atoms with E-state index in [2.05, 4.69) is 52.6 Å². The van der Waals surface area contributed by atoms with E-state index in [1.165, 1.54) is 11.1 Å². The van der Waals surface area contributed by atoms with Crippen LogP contribution < -0.4 is 10.6 Å². The van der Waals surface area contributed by atoms with Crippen molar-refractivity contribution < 1.29 is 4.79 Å². The Morgan fingerprint density at radius 1 is 0.862 bits per heavy atom. The van der Waals surface area contributed by atoms with Crippen molar-refractivity contribution in [2.24, 2.45) is 0 Å². The lowest BCUT2D eigenvalue weighted by Gasteiger charge is -2.21. The molecule has 2 N–H and O–H groups in total. The molecule has 1 aromatic carbocycles. The summed E-state index contributed by atoms with van der Waals surface area (Å²) in [5.74, 6) is 0.000683. The Morgan fingerprint density at radius 3 is 2.03 bits per heavy atom. The zero-order valence-electron chi connectivity index (χ0n) is 17.1. The number of hydrogen-bond donors (Lipinski definition) is 2. The predicted octanol–water partition coefficient (Wildman–Crippen LogP) is 3.33. The van der Waals surface area contributed by atoms with Crippen molar-refractivity contribution in [3.05, 3.63) is 95.1 Å². The van der Waals surface area contributed by atoms with Crippen LogP contribution in [0.25, 0.3) is 0 Å². The van der Waals surface area contributed by atoms with E-state index in [9.17, 15) is 4.79 Å². The molecule has 0 aliphatic heterocycles. The van der Waals surface area contributed by atoms with Gasteiger partial charge in [-0.05, 0) is 73.2 Å². The molecule has 29 heavy (non-hydrogen) atoms. The highest BCUT2D eigenvalue weighted by molar-refractivity contribution is 5.83. The van der Waals surface area contributed by atoms with Gasteiger partial charge in [-0.3, -0.25) is 14.8 Å². The van der Waals surface area contributed by atoms with E-state index < -0.39 is 0 Å². The Balaban J connectivity index is 1.65. The highest BCUT2D eigenvalue weighted by Crippen LogP contribution is 2.19. The van der Waals surface area contributed by atoms with Crippen molar-refractivity contribution in [1.29, 1.82) is 0 Å². The average Bonchev–Trinajstić information content (AvgIpc) is 2.73. The minimum absolute atomic E-state index is 0.000683. The average molecular weight is 389 g/mol. The van der Waals surface area contributed by atoms with Gasteiger partial charge in [0, 0.05) is 37.9 Å². The second kappa shape index (κ2) is 10.5. The zero-order valence-corrected chi connectivity index (χ0v) is 17.1. The van der Waals surface area contributed by atoms with E-state index in [1.807, 2.05) is 24.3 Å². The van der Waals surface area contributed by atoms with Crippen LogP contribution >= 0.6 is 0 Å². The van der Waals surface area contributed by atoms with Crippen LogP contribution in [0, 0.1) is 13.8 Å². The van der Waals surface area contributed by atoms with E-state index in [-0.39, 0.29) is 11.9 Å². The minimum atomic E-state index is -0.380. The highest BCUT2D eigenvalue weighted by atomic mass is 16.2. The topological polar surface area (TPSA) is 66.9 Å². The van der Waals surface area contributed by atoms with Crippen LogP contribution in [0.5, 0.6) is 0 Å². The molecule has 5 nitrogen and oxygen atoms in total. The van der Waals surface area contributed by atoms with Gasteiger partial charge >= 0.3 is 0 Å². The molecular formula is C24H28N4O. The minimum Gasteiger partial charge on any atom is -0.354 e. The molecule has 0 saturated heterocycles. The largest absolute Gasteiger partial charge is 0.354 e. The molecule has 0 spiro atoms. The molecule has 0 radical (unpaired) electrons. The van der Waals surface area contributed by atoms with Gasteiger partial charge in [-0.2, -0.15) is 0 Å². The number of nitrogens with one attached hydrogen (secondary N) is 2. The van der Waals surface area contributed by atoms with E-state index >= 15 is 0 Å². The number of carbonyl (C=O) groups is 1. The van der Waals surface area contributed by atoms with Gasteiger partial charge < -0.3 is 10.6 Å². The molecule has 2 aromatic heterocycles. The van der Waals surface area contributed by atoms with Crippen molar-refractivity contribution in [1.82, 2.24) is 20.6 Å². The van der Waals surface area contributed by atoms with Crippen molar-refractivity contribution >= 4 is 5.91 Å². The van der Waals surface area contributed by atoms with Gasteiger partial charge in [-0.25, -0.2) is 0 Å². The summed E-state index contributed by atoms with van der Waals surface area (Å²) in [5, 5.41) is 6.54. The molecule has 3 aromatic rings. The van der Waals surface area contributed by atoms with E-state index in [1.54, 1.807) is 24.8 Å². The Bertz CT molecular complexity index is 913. The highest BCUT2D eigenvalue weighted by Gasteiger charge is 2.21.